The molecule has 1 aromatic carbocycles. The van der Waals surface area contributed by atoms with E-state index in [2.05, 4.69) is 10.00 Å². The number of fused-ring (bicyclic) bond motifs is 1. The lowest BCUT2D eigenvalue weighted by atomic mass is 10.1. The van der Waals surface area contributed by atoms with Gasteiger partial charge in [-0.15, -0.1) is 0 Å². The fourth-order valence-corrected chi connectivity index (χ4v) is 3.67. The molecular weight excluding hydrogens is 378 g/mol. The Hall–Kier alpha value is -1.88. The summed E-state index contributed by atoms with van der Waals surface area (Å²) in [5, 5.41) is 4.14. The van der Waals surface area contributed by atoms with Crippen LogP contribution in [0, 0.1) is 11.6 Å². The fraction of sp³-hybridized carbons (Fsp3) is 0.471. The van der Waals surface area contributed by atoms with Crippen molar-refractivity contribution >= 4 is 10.0 Å². The number of hydrogen-bond acceptors (Lipinski definition) is 6. The SMILES string of the molecule is CS(=O)(=O)n1cc2c(n1)CN([C@H]1COC[C@@H](N)C1)C2.Fc1ccc(F)cc1. The highest BCUT2D eigenvalue weighted by Gasteiger charge is 2.32. The number of halogens is 2. The van der Waals surface area contributed by atoms with Crippen LogP contribution in [0.4, 0.5) is 8.78 Å². The highest BCUT2D eigenvalue weighted by atomic mass is 32.2. The second-order valence-electron chi connectivity index (χ2n) is 6.77. The molecule has 148 valence electrons. The van der Waals surface area contributed by atoms with Crippen molar-refractivity contribution in [3.05, 3.63) is 53.4 Å². The first-order valence-electron chi connectivity index (χ1n) is 8.49. The average Bonchev–Trinajstić information content (AvgIpc) is 3.17. The summed E-state index contributed by atoms with van der Waals surface area (Å²) in [5.41, 5.74) is 7.72. The largest absolute Gasteiger partial charge is 0.378 e. The van der Waals surface area contributed by atoms with Crippen LogP contribution >= 0.6 is 0 Å². The van der Waals surface area contributed by atoms with Gasteiger partial charge in [-0.1, -0.05) is 0 Å². The van der Waals surface area contributed by atoms with Gasteiger partial charge in [-0.2, -0.15) is 9.19 Å². The Morgan fingerprint density at radius 1 is 1.15 bits per heavy atom. The minimum absolute atomic E-state index is 0.0858. The molecule has 0 unspecified atom stereocenters. The maximum Gasteiger partial charge on any atom is 0.250 e. The molecule has 27 heavy (non-hydrogen) atoms. The molecule has 0 radical (unpaired) electrons. The van der Waals surface area contributed by atoms with Gasteiger partial charge in [-0.25, -0.2) is 17.2 Å². The van der Waals surface area contributed by atoms with Gasteiger partial charge in [-0.05, 0) is 30.7 Å². The van der Waals surface area contributed by atoms with Gasteiger partial charge >= 0.3 is 0 Å². The number of benzene rings is 1. The zero-order valence-corrected chi connectivity index (χ0v) is 15.7. The second kappa shape index (κ2) is 8.01. The molecule has 10 heteroatoms. The number of nitrogens with two attached hydrogens (primary N) is 1. The Balaban J connectivity index is 0.000000221. The number of aromatic nitrogens is 2. The fourth-order valence-electron chi connectivity index (χ4n) is 3.11. The standard InChI is InChI=1S/C11H18N4O3S.C6H4F2/c1-19(16,17)15-4-8-3-14(5-11(8)13-15)10-2-9(12)6-18-7-10;7-5-1-2-6(8)4-3-5/h4,9-10H,2-3,5-7,12H2,1H3;1-4H/t9-,10+;/m0./s1. The van der Waals surface area contributed by atoms with Gasteiger partial charge < -0.3 is 10.5 Å². The number of hydrogen-bond donors (Lipinski definition) is 1. The van der Waals surface area contributed by atoms with E-state index in [1.807, 2.05) is 0 Å². The highest BCUT2D eigenvalue weighted by molar-refractivity contribution is 7.89. The summed E-state index contributed by atoms with van der Waals surface area (Å²) >= 11 is 0. The minimum atomic E-state index is -3.29. The van der Waals surface area contributed by atoms with Crippen LogP contribution in [0.3, 0.4) is 0 Å². The van der Waals surface area contributed by atoms with Crippen molar-refractivity contribution in [2.45, 2.75) is 31.6 Å². The lowest BCUT2D eigenvalue weighted by Crippen LogP contribution is -2.46. The zero-order chi connectivity index (χ0) is 19.6. The number of ether oxygens (including phenoxy) is 1. The second-order valence-corrected chi connectivity index (χ2v) is 8.61. The average molecular weight is 400 g/mol. The van der Waals surface area contributed by atoms with Gasteiger partial charge in [0.15, 0.2) is 0 Å². The van der Waals surface area contributed by atoms with Crippen molar-refractivity contribution < 1.29 is 21.9 Å². The van der Waals surface area contributed by atoms with E-state index in [0.717, 1.165) is 52.3 Å². The lowest BCUT2D eigenvalue weighted by Gasteiger charge is -2.33. The number of rotatable bonds is 2. The highest BCUT2D eigenvalue weighted by Crippen LogP contribution is 2.26. The molecule has 1 fully saturated rings. The smallest absolute Gasteiger partial charge is 0.250 e. The molecule has 4 rings (SSSR count). The third-order valence-corrected chi connectivity index (χ3v) is 5.33. The predicted molar refractivity (Wildman–Crippen MR) is 95.3 cm³/mol. The van der Waals surface area contributed by atoms with Crippen molar-refractivity contribution in [2.75, 3.05) is 19.5 Å². The van der Waals surface area contributed by atoms with E-state index in [1.165, 1.54) is 0 Å². The van der Waals surface area contributed by atoms with Crippen molar-refractivity contribution in [3.8, 4) is 0 Å². The summed E-state index contributed by atoms with van der Waals surface area (Å²) in [5.74, 6) is -0.821. The minimum Gasteiger partial charge on any atom is -0.378 e. The Morgan fingerprint density at radius 2 is 1.78 bits per heavy atom. The molecule has 1 saturated heterocycles. The van der Waals surface area contributed by atoms with Crippen molar-refractivity contribution in [1.29, 1.82) is 0 Å². The van der Waals surface area contributed by atoms with Crippen LogP contribution in [-0.2, 0) is 27.8 Å². The molecule has 7 nitrogen and oxygen atoms in total. The van der Waals surface area contributed by atoms with Gasteiger partial charge in [-0.3, -0.25) is 4.90 Å². The van der Waals surface area contributed by atoms with E-state index in [4.69, 9.17) is 10.5 Å². The van der Waals surface area contributed by atoms with Crippen LogP contribution < -0.4 is 5.73 Å². The lowest BCUT2D eigenvalue weighted by molar-refractivity contribution is 0.00507. The molecule has 2 aliphatic heterocycles. The van der Waals surface area contributed by atoms with Gasteiger partial charge in [0, 0.05) is 36.9 Å². The third-order valence-electron chi connectivity index (χ3n) is 4.46. The molecule has 0 spiro atoms. The van der Waals surface area contributed by atoms with Crippen LogP contribution in [0.1, 0.15) is 17.7 Å². The molecule has 3 heterocycles. The summed E-state index contributed by atoms with van der Waals surface area (Å²) in [6.45, 7) is 2.68. The Kier molecular flexibility index (Phi) is 5.89. The molecule has 2 atom stereocenters. The van der Waals surface area contributed by atoms with E-state index in [0.29, 0.717) is 32.3 Å². The van der Waals surface area contributed by atoms with E-state index in [9.17, 15) is 17.2 Å². The molecule has 0 bridgehead atoms. The number of nitrogens with zero attached hydrogens (tertiary/aromatic N) is 3. The van der Waals surface area contributed by atoms with Gasteiger partial charge in [0.05, 0.1) is 25.2 Å². The maximum atomic E-state index is 11.9. The van der Waals surface area contributed by atoms with Crippen molar-refractivity contribution in [1.82, 2.24) is 14.1 Å². The van der Waals surface area contributed by atoms with Gasteiger partial charge in [0.2, 0.25) is 0 Å². The Labute approximate surface area is 156 Å². The van der Waals surface area contributed by atoms with Crippen LogP contribution in [0.2, 0.25) is 0 Å². The van der Waals surface area contributed by atoms with Crippen LogP contribution in [-0.4, -0.2) is 54.1 Å². The van der Waals surface area contributed by atoms with Gasteiger partial charge in [0.25, 0.3) is 10.0 Å². The monoisotopic (exact) mass is 400 g/mol. The maximum absolute atomic E-state index is 11.9. The van der Waals surface area contributed by atoms with Crippen molar-refractivity contribution in [2.24, 2.45) is 5.73 Å². The van der Waals surface area contributed by atoms with Crippen LogP contribution in [0.25, 0.3) is 0 Å². The van der Waals surface area contributed by atoms with E-state index in [1.54, 1.807) is 6.20 Å². The first-order valence-corrected chi connectivity index (χ1v) is 10.3. The van der Waals surface area contributed by atoms with E-state index in [-0.39, 0.29) is 6.04 Å². The molecular formula is C17H22F2N4O3S. The van der Waals surface area contributed by atoms with Crippen LogP contribution in [0.15, 0.2) is 30.5 Å². The molecule has 2 aliphatic rings. The van der Waals surface area contributed by atoms with E-state index >= 15 is 0 Å². The molecule has 0 amide bonds. The Bertz CT molecular complexity index is 842. The van der Waals surface area contributed by atoms with Crippen molar-refractivity contribution in [3.63, 3.8) is 0 Å². The summed E-state index contributed by atoms with van der Waals surface area (Å²) in [6.07, 6.45) is 3.67. The van der Waals surface area contributed by atoms with E-state index < -0.39 is 21.7 Å². The molecule has 2 N–H and O–H groups in total. The van der Waals surface area contributed by atoms with Crippen LogP contribution in [0.5, 0.6) is 0 Å². The first-order chi connectivity index (χ1) is 12.7. The first kappa shape index (κ1) is 19.9. The predicted octanol–water partition coefficient (Wildman–Crippen LogP) is 1.09. The third kappa shape index (κ3) is 5.10. The van der Waals surface area contributed by atoms with Gasteiger partial charge in [0.1, 0.15) is 11.6 Å². The quantitative estimate of drug-likeness (QED) is 0.812. The summed E-state index contributed by atoms with van der Waals surface area (Å²) < 4.78 is 53.2. The summed E-state index contributed by atoms with van der Waals surface area (Å²) in [7, 11) is -3.29. The molecule has 0 aliphatic carbocycles. The summed E-state index contributed by atoms with van der Waals surface area (Å²) in [6, 6.07) is 4.70. The molecule has 0 saturated carbocycles. The normalized spacial score (nSPS) is 22.8. The molecule has 2 aromatic rings. The topological polar surface area (TPSA) is 90.5 Å². The Morgan fingerprint density at radius 3 is 2.30 bits per heavy atom. The zero-order valence-electron chi connectivity index (χ0n) is 14.9. The molecule has 1 aromatic heterocycles. The summed E-state index contributed by atoms with van der Waals surface area (Å²) in [4.78, 5) is 2.25.